The highest BCUT2D eigenvalue weighted by Gasteiger charge is 2.17. The van der Waals surface area contributed by atoms with Crippen LogP contribution in [-0.4, -0.2) is 29.7 Å². The number of carbonyl (C=O) groups is 1. The van der Waals surface area contributed by atoms with Gasteiger partial charge in [0.15, 0.2) is 0 Å². The van der Waals surface area contributed by atoms with Crippen molar-refractivity contribution in [1.82, 2.24) is 9.63 Å². The molecule has 16 heavy (non-hydrogen) atoms. The third-order valence-corrected chi connectivity index (χ3v) is 3.17. The van der Waals surface area contributed by atoms with E-state index in [1.807, 2.05) is 40.5 Å². The molecule has 84 valence electrons. The molecule has 0 radical (unpaired) electrons. The first kappa shape index (κ1) is 10.9. The Balaban J connectivity index is 2.37. The van der Waals surface area contributed by atoms with Gasteiger partial charge in [-0.1, -0.05) is 0 Å². The van der Waals surface area contributed by atoms with E-state index in [2.05, 4.69) is 0 Å². The van der Waals surface area contributed by atoms with Crippen LogP contribution in [0.1, 0.15) is 9.67 Å². The van der Waals surface area contributed by atoms with E-state index in [9.17, 15) is 4.79 Å². The van der Waals surface area contributed by atoms with Gasteiger partial charge in [0, 0.05) is 19.4 Å². The highest BCUT2D eigenvalue weighted by molar-refractivity contribution is 7.12. The maximum atomic E-state index is 12.0. The maximum absolute atomic E-state index is 12.0. The summed E-state index contributed by atoms with van der Waals surface area (Å²) < 4.78 is 1.91. The van der Waals surface area contributed by atoms with Crippen LogP contribution in [0.25, 0.3) is 5.69 Å². The van der Waals surface area contributed by atoms with Gasteiger partial charge in [-0.25, -0.2) is 5.06 Å². The molecular weight excluding hydrogens is 224 g/mol. The highest BCUT2D eigenvalue weighted by atomic mass is 32.1. The van der Waals surface area contributed by atoms with E-state index in [-0.39, 0.29) is 5.91 Å². The normalized spacial score (nSPS) is 10.4. The fraction of sp³-hybridized carbons (Fsp3) is 0.182. The summed E-state index contributed by atoms with van der Waals surface area (Å²) in [6.07, 6.45) is 3.82. The van der Waals surface area contributed by atoms with Crippen LogP contribution in [0.3, 0.4) is 0 Å². The van der Waals surface area contributed by atoms with E-state index >= 15 is 0 Å². The van der Waals surface area contributed by atoms with Crippen molar-refractivity contribution in [2.75, 3.05) is 14.2 Å². The Bertz CT molecular complexity index is 476. The van der Waals surface area contributed by atoms with E-state index in [4.69, 9.17) is 4.84 Å². The van der Waals surface area contributed by atoms with E-state index < -0.39 is 0 Å². The van der Waals surface area contributed by atoms with E-state index in [1.165, 1.54) is 23.5 Å². The molecule has 0 bridgehead atoms. The molecule has 0 saturated carbocycles. The molecule has 4 nitrogen and oxygen atoms in total. The van der Waals surface area contributed by atoms with Gasteiger partial charge in [-0.15, -0.1) is 11.3 Å². The van der Waals surface area contributed by atoms with Crippen molar-refractivity contribution in [1.29, 1.82) is 0 Å². The lowest BCUT2D eigenvalue weighted by molar-refractivity contribution is -0.0753. The Morgan fingerprint density at radius 2 is 2.12 bits per heavy atom. The minimum absolute atomic E-state index is 0.138. The number of hydrogen-bond acceptors (Lipinski definition) is 3. The number of rotatable bonds is 3. The van der Waals surface area contributed by atoms with Gasteiger partial charge in [0.1, 0.15) is 4.88 Å². The third-order valence-electron chi connectivity index (χ3n) is 2.28. The van der Waals surface area contributed by atoms with Crippen LogP contribution in [0.5, 0.6) is 0 Å². The molecular formula is C11H12N2O2S. The van der Waals surface area contributed by atoms with E-state index in [0.29, 0.717) is 4.88 Å². The first-order valence-corrected chi connectivity index (χ1v) is 5.65. The molecule has 0 aliphatic rings. The Hall–Kier alpha value is -1.59. The fourth-order valence-corrected chi connectivity index (χ4v) is 2.24. The highest BCUT2D eigenvalue weighted by Crippen LogP contribution is 2.22. The Morgan fingerprint density at radius 3 is 2.75 bits per heavy atom. The summed E-state index contributed by atoms with van der Waals surface area (Å²) in [5.41, 5.74) is 0.879. The lowest BCUT2D eigenvalue weighted by Crippen LogP contribution is -2.25. The first-order chi connectivity index (χ1) is 7.74. The first-order valence-electron chi connectivity index (χ1n) is 4.77. The average molecular weight is 236 g/mol. The minimum Gasteiger partial charge on any atom is -0.322 e. The van der Waals surface area contributed by atoms with Crippen molar-refractivity contribution in [3.63, 3.8) is 0 Å². The van der Waals surface area contributed by atoms with E-state index in [0.717, 1.165) is 5.69 Å². The number of carbonyl (C=O) groups excluding carboxylic acids is 1. The van der Waals surface area contributed by atoms with Crippen molar-refractivity contribution in [3.05, 3.63) is 40.8 Å². The van der Waals surface area contributed by atoms with Gasteiger partial charge in [-0.3, -0.25) is 9.63 Å². The number of hydroxylamine groups is 2. The number of hydrogen-bond donors (Lipinski definition) is 0. The number of nitrogens with zero attached hydrogens (tertiary/aromatic N) is 2. The molecule has 0 spiro atoms. The molecule has 0 saturated heterocycles. The summed E-state index contributed by atoms with van der Waals surface area (Å²) >= 11 is 1.41. The zero-order valence-corrected chi connectivity index (χ0v) is 9.90. The number of amides is 1. The summed E-state index contributed by atoms with van der Waals surface area (Å²) in [6.45, 7) is 0. The van der Waals surface area contributed by atoms with Gasteiger partial charge in [0.05, 0.1) is 12.8 Å². The van der Waals surface area contributed by atoms with Crippen LogP contribution < -0.4 is 0 Å². The molecule has 0 aromatic carbocycles. The van der Waals surface area contributed by atoms with Gasteiger partial charge in [0.25, 0.3) is 5.91 Å². The lowest BCUT2D eigenvalue weighted by atomic mass is 10.3. The molecule has 2 rings (SSSR count). The van der Waals surface area contributed by atoms with Crippen LogP contribution in [0.4, 0.5) is 0 Å². The van der Waals surface area contributed by atoms with Crippen LogP contribution >= 0.6 is 11.3 Å². The molecule has 0 fully saturated rings. The predicted molar refractivity (Wildman–Crippen MR) is 62.7 cm³/mol. The van der Waals surface area contributed by atoms with Crippen LogP contribution in [-0.2, 0) is 4.84 Å². The monoisotopic (exact) mass is 236 g/mol. The molecule has 5 heteroatoms. The van der Waals surface area contributed by atoms with Crippen molar-refractivity contribution >= 4 is 17.2 Å². The quantitative estimate of drug-likeness (QED) is 0.765. The van der Waals surface area contributed by atoms with Crippen LogP contribution in [0.15, 0.2) is 36.0 Å². The molecule has 1 amide bonds. The SMILES string of the molecule is CON(C)C(=O)c1sccc1-n1cccc1. The Labute approximate surface area is 97.6 Å². The van der Waals surface area contributed by atoms with Gasteiger partial charge < -0.3 is 4.57 Å². The van der Waals surface area contributed by atoms with Crippen molar-refractivity contribution in [3.8, 4) is 5.69 Å². The molecule has 0 aliphatic heterocycles. The van der Waals surface area contributed by atoms with Crippen LogP contribution in [0.2, 0.25) is 0 Å². The summed E-state index contributed by atoms with van der Waals surface area (Å²) in [5, 5.41) is 3.12. The summed E-state index contributed by atoms with van der Waals surface area (Å²) in [4.78, 5) is 17.5. The Morgan fingerprint density at radius 1 is 1.44 bits per heavy atom. The molecule has 0 unspecified atom stereocenters. The van der Waals surface area contributed by atoms with Gasteiger partial charge in [-0.2, -0.15) is 0 Å². The molecule has 0 aliphatic carbocycles. The number of aromatic nitrogens is 1. The van der Waals surface area contributed by atoms with Crippen molar-refractivity contribution in [2.24, 2.45) is 0 Å². The minimum atomic E-state index is -0.138. The zero-order valence-electron chi connectivity index (χ0n) is 9.08. The van der Waals surface area contributed by atoms with Crippen LogP contribution in [0, 0.1) is 0 Å². The standard InChI is InChI=1S/C11H12N2O2S/c1-12(15-2)11(14)10-9(5-8-16-10)13-6-3-4-7-13/h3-8H,1-2H3. The second-order valence-electron chi connectivity index (χ2n) is 3.21. The Kier molecular flexibility index (Phi) is 3.07. The molecule has 0 N–H and O–H groups in total. The molecule has 2 aromatic heterocycles. The number of thiophene rings is 1. The van der Waals surface area contributed by atoms with Crippen molar-refractivity contribution in [2.45, 2.75) is 0 Å². The molecule has 0 atom stereocenters. The summed E-state index contributed by atoms with van der Waals surface area (Å²) in [6, 6.07) is 5.76. The largest absolute Gasteiger partial charge is 0.322 e. The van der Waals surface area contributed by atoms with Gasteiger partial charge >= 0.3 is 0 Å². The van der Waals surface area contributed by atoms with E-state index in [1.54, 1.807) is 7.05 Å². The second-order valence-corrected chi connectivity index (χ2v) is 4.13. The summed E-state index contributed by atoms with van der Waals surface area (Å²) in [5.74, 6) is -0.138. The topological polar surface area (TPSA) is 34.5 Å². The fourth-order valence-electron chi connectivity index (χ4n) is 1.39. The third kappa shape index (κ3) is 1.87. The molecule has 2 aromatic rings. The zero-order chi connectivity index (χ0) is 11.5. The molecule has 2 heterocycles. The summed E-state index contributed by atoms with van der Waals surface area (Å²) in [7, 11) is 3.07. The lowest BCUT2D eigenvalue weighted by Gasteiger charge is -2.13. The average Bonchev–Trinajstić information content (AvgIpc) is 2.95. The van der Waals surface area contributed by atoms with Gasteiger partial charge in [-0.05, 0) is 23.6 Å². The second kappa shape index (κ2) is 4.51. The predicted octanol–water partition coefficient (Wildman–Crippen LogP) is 2.17. The van der Waals surface area contributed by atoms with Crippen molar-refractivity contribution < 1.29 is 9.63 Å². The maximum Gasteiger partial charge on any atom is 0.289 e. The smallest absolute Gasteiger partial charge is 0.289 e. The van der Waals surface area contributed by atoms with Gasteiger partial charge in [0.2, 0.25) is 0 Å².